The first-order chi connectivity index (χ1) is 11.9. The highest BCUT2D eigenvalue weighted by Gasteiger charge is 2.24. The minimum absolute atomic E-state index is 0.0333. The Balaban J connectivity index is 2.00. The van der Waals surface area contributed by atoms with E-state index in [9.17, 15) is 18.3 Å². The van der Waals surface area contributed by atoms with Gasteiger partial charge in [0.2, 0.25) is 15.6 Å². The van der Waals surface area contributed by atoms with Crippen LogP contribution in [0.1, 0.15) is 16.2 Å². The molecule has 0 saturated carbocycles. The molecule has 3 aromatic rings. The molecule has 2 heterocycles. The van der Waals surface area contributed by atoms with Crippen molar-refractivity contribution in [3.05, 3.63) is 63.8 Å². The van der Waals surface area contributed by atoms with Gasteiger partial charge >= 0.3 is 0 Å². The minimum Gasteiger partial charge on any atom is -0.507 e. The van der Waals surface area contributed by atoms with E-state index in [2.05, 4.69) is 15.2 Å². The van der Waals surface area contributed by atoms with Crippen LogP contribution in [0.15, 0.2) is 57.2 Å². The smallest absolute Gasteiger partial charge is 0.226 e. The minimum atomic E-state index is -3.87. The van der Waals surface area contributed by atoms with Crippen molar-refractivity contribution in [3.8, 4) is 0 Å². The molecule has 25 heavy (non-hydrogen) atoms. The zero-order chi connectivity index (χ0) is 18.0. The van der Waals surface area contributed by atoms with Crippen LogP contribution in [-0.4, -0.2) is 34.5 Å². The number of aromatic amines is 1. The zero-order valence-corrected chi connectivity index (χ0v) is 14.8. The van der Waals surface area contributed by atoms with E-state index in [1.54, 1.807) is 0 Å². The van der Waals surface area contributed by atoms with Gasteiger partial charge in [0, 0.05) is 27.4 Å². The molecular weight excluding hydrogens is 386 g/mol. The maximum absolute atomic E-state index is 12.8. The predicted molar refractivity (Wildman–Crippen MR) is 92.5 cm³/mol. The third-order valence-electron chi connectivity index (χ3n) is 3.23. The van der Waals surface area contributed by atoms with Gasteiger partial charge in [-0.2, -0.15) is 16.4 Å². The van der Waals surface area contributed by atoms with Gasteiger partial charge in [-0.1, -0.05) is 11.6 Å². The van der Waals surface area contributed by atoms with Gasteiger partial charge in [-0.05, 0) is 24.3 Å². The number of nitrogens with one attached hydrogen (secondary N) is 1. The van der Waals surface area contributed by atoms with Gasteiger partial charge in [-0.3, -0.25) is 9.89 Å². The van der Waals surface area contributed by atoms with Crippen LogP contribution in [0.25, 0.3) is 5.76 Å². The normalized spacial score (nSPS) is 12.3. The van der Waals surface area contributed by atoms with Crippen LogP contribution >= 0.6 is 22.9 Å². The van der Waals surface area contributed by atoms with Gasteiger partial charge in [0.1, 0.15) is 12.1 Å². The van der Waals surface area contributed by atoms with Crippen molar-refractivity contribution in [1.29, 1.82) is 0 Å². The van der Waals surface area contributed by atoms with Crippen LogP contribution < -0.4 is 0 Å². The van der Waals surface area contributed by atoms with Crippen molar-refractivity contribution in [2.75, 3.05) is 0 Å². The summed E-state index contributed by atoms with van der Waals surface area (Å²) in [6.45, 7) is 0. The number of hydrogen-bond acceptors (Lipinski definition) is 7. The summed E-state index contributed by atoms with van der Waals surface area (Å²) in [5.41, 5.74) is 0.0350. The Morgan fingerprint density at radius 2 is 1.96 bits per heavy atom. The molecule has 0 atom stereocenters. The maximum Gasteiger partial charge on any atom is 0.226 e. The van der Waals surface area contributed by atoms with Crippen LogP contribution in [-0.2, 0) is 9.84 Å². The lowest BCUT2D eigenvalue weighted by Crippen LogP contribution is -2.04. The monoisotopic (exact) mass is 395 g/mol. The van der Waals surface area contributed by atoms with E-state index in [-0.39, 0.29) is 21.2 Å². The van der Waals surface area contributed by atoms with Crippen LogP contribution in [0.4, 0.5) is 0 Å². The van der Waals surface area contributed by atoms with Gasteiger partial charge in [0.05, 0.1) is 9.79 Å². The second kappa shape index (κ2) is 6.79. The Kier molecular flexibility index (Phi) is 4.71. The van der Waals surface area contributed by atoms with Crippen LogP contribution in [0.5, 0.6) is 0 Å². The highest BCUT2D eigenvalue weighted by molar-refractivity contribution is 7.91. The van der Waals surface area contributed by atoms with Crippen LogP contribution in [0.2, 0.25) is 5.02 Å². The summed E-state index contributed by atoms with van der Waals surface area (Å²) in [4.78, 5) is 15.6. The van der Waals surface area contributed by atoms with E-state index < -0.39 is 21.4 Å². The number of carbonyl (C=O) groups is 1. The molecule has 0 bridgehead atoms. The highest BCUT2D eigenvalue weighted by atomic mass is 35.5. The number of sulfone groups is 1. The van der Waals surface area contributed by atoms with Crippen LogP contribution in [0, 0.1) is 0 Å². The lowest BCUT2D eigenvalue weighted by atomic mass is 10.2. The summed E-state index contributed by atoms with van der Waals surface area (Å²) in [6, 6.07) is 5.67. The number of allylic oxidation sites excluding steroid dienone is 1. The van der Waals surface area contributed by atoms with Crippen molar-refractivity contribution < 1.29 is 18.3 Å². The molecular formula is C15H10ClN3O4S2. The highest BCUT2D eigenvalue weighted by Crippen LogP contribution is 2.31. The van der Waals surface area contributed by atoms with Crippen molar-refractivity contribution in [3.63, 3.8) is 0 Å². The number of aliphatic hydroxyl groups is 1. The first kappa shape index (κ1) is 17.3. The molecule has 0 aliphatic carbocycles. The molecule has 0 saturated heterocycles. The number of aliphatic hydroxyl groups excluding tert-OH is 1. The summed E-state index contributed by atoms with van der Waals surface area (Å²) in [6.07, 6.45) is 2.04. The van der Waals surface area contributed by atoms with Gasteiger partial charge in [0.15, 0.2) is 5.82 Å². The Labute approximate surface area is 151 Å². The number of H-pyrrole nitrogens is 1. The molecule has 0 spiro atoms. The first-order valence-electron chi connectivity index (χ1n) is 6.77. The number of ketones is 1. The Bertz CT molecular complexity index is 1040. The second-order valence-corrected chi connectivity index (χ2v) is 7.93. The lowest BCUT2D eigenvalue weighted by Gasteiger charge is -2.06. The van der Waals surface area contributed by atoms with E-state index in [4.69, 9.17) is 11.6 Å². The second-order valence-electron chi connectivity index (χ2n) is 4.83. The maximum atomic E-state index is 12.8. The number of nitrogens with zero attached hydrogens (tertiary/aromatic N) is 2. The number of halogens is 1. The van der Waals surface area contributed by atoms with Gasteiger partial charge in [-0.25, -0.2) is 13.4 Å². The molecule has 0 amide bonds. The van der Waals surface area contributed by atoms with Gasteiger partial charge in [-0.15, -0.1) is 0 Å². The fraction of sp³-hybridized carbons (Fsp3) is 0. The number of hydrogen-bond donors (Lipinski definition) is 2. The van der Waals surface area contributed by atoms with Crippen molar-refractivity contribution in [1.82, 2.24) is 15.2 Å². The van der Waals surface area contributed by atoms with E-state index >= 15 is 0 Å². The van der Waals surface area contributed by atoms with Crippen molar-refractivity contribution in [2.45, 2.75) is 9.79 Å². The predicted octanol–water partition coefficient (Wildman–Crippen LogP) is 3.13. The van der Waals surface area contributed by atoms with Crippen molar-refractivity contribution >= 4 is 44.3 Å². The van der Waals surface area contributed by atoms with E-state index in [0.29, 0.717) is 5.02 Å². The topological polar surface area (TPSA) is 113 Å². The Morgan fingerprint density at radius 3 is 2.60 bits per heavy atom. The quantitative estimate of drug-likeness (QED) is 0.390. The lowest BCUT2D eigenvalue weighted by molar-refractivity contribution is 0.103. The standard InChI is InChI=1S/C15H10ClN3O4S2/c16-9-1-3-10(4-2-9)25(22,23)14-7-24-6-11(14)12(20)5-13(21)15-17-8-18-19-15/h1-8,20H,(H,17,18,19). The summed E-state index contributed by atoms with van der Waals surface area (Å²) >= 11 is 6.87. The summed E-state index contributed by atoms with van der Waals surface area (Å²) in [5.74, 6) is -1.17. The van der Waals surface area contributed by atoms with Gasteiger partial charge < -0.3 is 5.11 Å². The molecule has 0 radical (unpaired) electrons. The molecule has 1 aromatic carbocycles. The number of benzene rings is 1. The summed E-state index contributed by atoms with van der Waals surface area (Å²) in [5, 5.41) is 19.4. The average molecular weight is 396 g/mol. The number of thiophene rings is 1. The Morgan fingerprint density at radius 1 is 1.24 bits per heavy atom. The SMILES string of the molecule is O=C(C=C(O)c1cscc1S(=O)(=O)c1ccc(Cl)cc1)c1ncn[nH]1. The number of aromatic nitrogens is 3. The van der Waals surface area contributed by atoms with E-state index in [1.165, 1.54) is 35.0 Å². The third kappa shape index (κ3) is 3.48. The zero-order valence-electron chi connectivity index (χ0n) is 12.4. The first-order valence-corrected chi connectivity index (χ1v) is 9.57. The molecule has 10 heteroatoms. The molecule has 7 nitrogen and oxygen atoms in total. The van der Waals surface area contributed by atoms with Crippen molar-refractivity contribution in [2.24, 2.45) is 0 Å². The van der Waals surface area contributed by atoms with E-state index in [1.807, 2.05) is 0 Å². The third-order valence-corrected chi connectivity index (χ3v) is 6.19. The molecule has 2 N–H and O–H groups in total. The molecule has 128 valence electrons. The molecule has 2 aromatic heterocycles. The average Bonchev–Trinajstić information content (AvgIpc) is 3.27. The molecule has 0 fully saturated rings. The summed E-state index contributed by atoms with van der Waals surface area (Å²) < 4.78 is 25.5. The fourth-order valence-corrected chi connectivity index (χ4v) is 4.79. The molecule has 0 aliphatic heterocycles. The Hall–Kier alpha value is -2.49. The number of rotatable bonds is 5. The van der Waals surface area contributed by atoms with E-state index in [0.717, 1.165) is 23.7 Å². The summed E-state index contributed by atoms with van der Waals surface area (Å²) in [7, 11) is -3.87. The number of carbonyl (C=O) groups excluding carboxylic acids is 1. The van der Waals surface area contributed by atoms with Gasteiger partial charge in [0.25, 0.3) is 0 Å². The molecule has 0 aliphatic rings. The molecule has 0 unspecified atom stereocenters. The largest absolute Gasteiger partial charge is 0.507 e. The fourth-order valence-electron chi connectivity index (χ4n) is 2.02. The molecule has 3 rings (SSSR count). The van der Waals surface area contributed by atoms with Crippen LogP contribution in [0.3, 0.4) is 0 Å².